The lowest BCUT2D eigenvalue weighted by molar-refractivity contribution is -0.384. The fourth-order valence-corrected chi connectivity index (χ4v) is 2.28. The molecule has 2 heterocycles. The normalized spacial score (nSPS) is 18.9. The summed E-state index contributed by atoms with van der Waals surface area (Å²) in [5, 5.41) is 14.4. The van der Waals surface area contributed by atoms with E-state index in [1.165, 1.54) is 19.2 Å². The number of hydrogen-bond acceptors (Lipinski definition) is 6. The summed E-state index contributed by atoms with van der Waals surface area (Å²) in [7, 11) is 3.34. The third-order valence-electron chi connectivity index (χ3n) is 3.39. The van der Waals surface area contributed by atoms with Crippen LogP contribution in [0, 0.1) is 10.1 Å². The second kappa shape index (κ2) is 5.83. The van der Waals surface area contributed by atoms with Crippen LogP contribution in [0.4, 0.5) is 11.5 Å². The summed E-state index contributed by atoms with van der Waals surface area (Å²) in [6, 6.07) is 3.16. The maximum atomic E-state index is 11.1. The Balaban J connectivity index is 2.31. The maximum Gasteiger partial charge on any atom is 0.311 e. The third kappa shape index (κ3) is 2.93. The molecule has 0 amide bonds. The van der Waals surface area contributed by atoms with Crippen molar-refractivity contribution in [1.82, 2.24) is 10.3 Å². The Labute approximate surface area is 111 Å². The van der Waals surface area contributed by atoms with Gasteiger partial charge in [-0.2, -0.15) is 4.98 Å². The average molecular weight is 266 g/mol. The minimum Gasteiger partial charge on any atom is -0.481 e. The van der Waals surface area contributed by atoms with Gasteiger partial charge in [-0.25, -0.2) is 0 Å². The Morgan fingerprint density at radius 2 is 2.37 bits per heavy atom. The lowest BCUT2D eigenvalue weighted by Crippen LogP contribution is -2.44. The van der Waals surface area contributed by atoms with Crippen LogP contribution in [0.3, 0.4) is 0 Å². The molecular formula is C12H18N4O3. The van der Waals surface area contributed by atoms with Gasteiger partial charge >= 0.3 is 5.69 Å². The van der Waals surface area contributed by atoms with E-state index in [0.717, 1.165) is 25.9 Å². The van der Waals surface area contributed by atoms with Crippen LogP contribution in [0.5, 0.6) is 5.88 Å². The summed E-state index contributed by atoms with van der Waals surface area (Å²) >= 11 is 0. The van der Waals surface area contributed by atoms with Crippen molar-refractivity contribution in [2.75, 3.05) is 32.1 Å². The molecule has 2 rings (SSSR count). The Hall–Kier alpha value is -1.89. The quantitative estimate of drug-likeness (QED) is 0.651. The SMILES string of the molecule is COc1ccc([N+](=O)[O-])c(N(C)C2CCCNC2)n1. The molecule has 1 saturated heterocycles. The highest BCUT2D eigenvalue weighted by atomic mass is 16.6. The first-order chi connectivity index (χ1) is 9.13. The molecule has 0 aromatic carbocycles. The summed E-state index contributed by atoms with van der Waals surface area (Å²) in [4.78, 5) is 16.8. The highest BCUT2D eigenvalue weighted by molar-refractivity contribution is 5.59. The van der Waals surface area contributed by atoms with Gasteiger partial charge in [0.2, 0.25) is 11.7 Å². The maximum absolute atomic E-state index is 11.1. The van der Waals surface area contributed by atoms with E-state index < -0.39 is 4.92 Å². The van der Waals surface area contributed by atoms with Gasteiger partial charge in [0.1, 0.15) is 0 Å². The van der Waals surface area contributed by atoms with E-state index in [2.05, 4.69) is 10.3 Å². The largest absolute Gasteiger partial charge is 0.481 e. The average Bonchev–Trinajstić information content (AvgIpc) is 2.46. The number of pyridine rings is 1. The van der Waals surface area contributed by atoms with Crippen molar-refractivity contribution in [1.29, 1.82) is 0 Å². The number of nitrogens with zero attached hydrogens (tertiary/aromatic N) is 3. The van der Waals surface area contributed by atoms with E-state index in [9.17, 15) is 10.1 Å². The predicted molar refractivity (Wildman–Crippen MR) is 71.7 cm³/mol. The minimum atomic E-state index is -0.408. The highest BCUT2D eigenvalue weighted by Crippen LogP contribution is 2.29. The number of hydrogen-bond donors (Lipinski definition) is 1. The van der Waals surface area contributed by atoms with Crippen LogP contribution >= 0.6 is 0 Å². The molecule has 0 saturated carbocycles. The van der Waals surface area contributed by atoms with Gasteiger partial charge in [0.25, 0.3) is 0 Å². The molecule has 1 aromatic heterocycles. The van der Waals surface area contributed by atoms with Gasteiger partial charge in [-0.1, -0.05) is 0 Å². The first-order valence-electron chi connectivity index (χ1n) is 6.26. The number of nitro groups is 1. The van der Waals surface area contributed by atoms with E-state index in [0.29, 0.717) is 11.7 Å². The van der Waals surface area contributed by atoms with E-state index >= 15 is 0 Å². The van der Waals surface area contributed by atoms with E-state index in [-0.39, 0.29) is 11.7 Å². The molecule has 0 aliphatic carbocycles. The molecule has 1 fully saturated rings. The van der Waals surface area contributed by atoms with Gasteiger partial charge in [-0.15, -0.1) is 0 Å². The summed E-state index contributed by atoms with van der Waals surface area (Å²) < 4.78 is 5.05. The molecule has 104 valence electrons. The van der Waals surface area contributed by atoms with Crippen molar-refractivity contribution in [2.45, 2.75) is 18.9 Å². The van der Waals surface area contributed by atoms with E-state index in [4.69, 9.17) is 4.74 Å². The fourth-order valence-electron chi connectivity index (χ4n) is 2.28. The molecule has 0 bridgehead atoms. The summed E-state index contributed by atoms with van der Waals surface area (Å²) in [5.74, 6) is 0.745. The van der Waals surface area contributed by atoms with Crippen LogP contribution in [0.1, 0.15) is 12.8 Å². The summed E-state index contributed by atoms with van der Waals surface area (Å²) in [5.41, 5.74) is 0.00822. The van der Waals surface area contributed by atoms with Crippen LogP contribution < -0.4 is 15.0 Å². The summed E-state index contributed by atoms with van der Waals surface area (Å²) in [6.45, 7) is 1.81. The molecule has 1 aromatic rings. The lowest BCUT2D eigenvalue weighted by atomic mass is 10.1. The minimum absolute atomic E-state index is 0.00822. The highest BCUT2D eigenvalue weighted by Gasteiger charge is 2.26. The van der Waals surface area contributed by atoms with Gasteiger partial charge in [-0.05, 0) is 19.4 Å². The number of nitrogens with one attached hydrogen (secondary N) is 1. The molecule has 1 N–H and O–H groups in total. The molecule has 7 nitrogen and oxygen atoms in total. The van der Waals surface area contributed by atoms with Gasteiger partial charge in [0.15, 0.2) is 0 Å². The number of anilines is 1. The van der Waals surface area contributed by atoms with Crippen molar-refractivity contribution in [3.8, 4) is 5.88 Å². The molecule has 1 aliphatic heterocycles. The van der Waals surface area contributed by atoms with Crippen molar-refractivity contribution < 1.29 is 9.66 Å². The fraction of sp³-hybridized carbons (Fsp3) is 0.583. The Morgan fingerprint density at radius 1 is 1.58 bits per heavy atom. The summed E-state index contributed by atoms with van der Waals surface area (Å²) in [6.07, 6.45) is 2.06. The Morgan fingerprint density at radius 3 is 2.95 bits per heavy atom. The van der Waals surface area contributed by atoms with Crippen molar-refractivity contribution in [2.24, 2.45) is 0 Å². The second-order valence-electron chi connectivity index (χ2n) is 4.56. The number of ether oxygens (including phenoxy) is 1. The first-order valence-corrected chi connectivity index (χ1v) is 6.26. The van der Waals surface area contributed by atoms with E-state index in [1.807, 2.05) is 11.9 Å². The molecule has 7 heteroatoms. The van der Waals surface area contributed by atoms with Crippen LogP contribution in [-0.2, 0) is 0 Å². The topological polar surface area (TPSA) is 80.5 Å². The monoisotopic (exact) mass is 266 g/mol. The Bertz CT molecular complexity index is 460. The predicted octanol–water partition coefficient (Wildman–Crippen LogP) is 1.19. The lowest BCUT2D eigenvalue weighted by Gasteiger charge is -2.32. The molecule has 0 radical (unpaired) electrons. The third-order valence-corrected chi connectivity index (χ3v) is 3.39. The Kier molecular flexibility index (Phi) is 4.16. The zero-order chi connectivity index (χ0) is 13.8. The number of likely N-dealkylation sites (N-methyl/N-ethyl adjacent to an activating group) is 1. The van der Waals surface area contributed by atoms with Crippen molar-refractivity contribution in [3.05, 3.63) is 22.2 Å². The van der Waals surface area contributed by atoms with Crippen LogP contribution in [0.15, 0.2) is 12.1 Å². The van der Waals surface area contributed by atoms with Crippen molar-refractivity contribution in [3.63, 3.8) is 0 Å². The second-order valence-corrected chi connectivity index (χ2v) is 4.56. The number of methoxy groups -OCH3 is 1. The van der Waals surface area contributed by atoms with Crippen molar-refractivity contribution >= 4 is 11.5 Å². The standard InChI is InChI=1S/C12H18N4O3/c1-15(9-4-3-7-13-8-9)12-10(16(17)18)5-6-11(14-12)19-2/h5-6,9,13H,3-4,7-8H2,1-2H3. The van der Waals surface area contributed by atoms with Crippen LogP contribution in [0.2, 0.25) is 0 Å². The molecule has 1 atom stereocenters. The smallest absolute Gasteiger partial charge is 0.311 e. The number of aromatic nitrogens is 1. The first kappa shape index (κ1) is 13.5. The molecule has 0 spiro atoms. The van der Waals surface area contributed by atoms with Gasteiger partial charge < -0.3 is 15.0 Å². The van der Waals surface area contributed by atoms with Crippen LogP contribution in [0.25, 0.3) is 0 Å². The van der Waals surface area contributed by atoms with Gasteiger partial charge in [0, 0.05) is 31.8 Å². The zero-order valence-electron chi connectivity index (χ0n) is 11.1. The molecule has 19 heavy (non-hydrogen) atoms. The van der Waals surface area contributed by atoms with Gasteiger partial charge in [-0.3, -0.25) is 10.1 Å². The molecule has 1 aliphatic rings. The van der Waals surface area contributed by atoms with E-state index in [1.54, 1.807) is 0 Å². The molecule has 1 unspecified atom stereocenters. The van der Waals surface area contributed by atoms with Gasteiger partial charge in [0.05, 0.1) is 12.0 Å². The molecular weight excluding hydrogens is 248 g/mol. The zero-order valence-corrected chi connectivity index (χ0v) is 11.1. The number of rotatable bonds is 4. The van der Waals surface area contributed by atoms with Crippen LogP contribution in [-0.4, -0.2) is 43.2 Å². The number of piperidine rings is 1.